The molecule has 4 N–H and O–H groups in total. The van der Waals surface area contributed by atoms with E-state index in [-0.39, 0.29) is 36.7 Å². The van der Waals surface area contributed by atoms with E-state index < -0.39 is 7.82 Å². The minimum absolute atomic E-state index is 0.0203. The molecule has 3 aromatic heterocycles. The molecule has 1 aliphatic rings. The smallest absolute Gasteiger partial charge is 0.453 e. The number of carbonyl (C=O) groups excluding carboxylic acids is 2. The van der Waals surface area contributed by atoms with Gasteiger partial charge in [-0.15, -0.1) is 5.10 Å². The number of anilines is 2. The average molecular weight is 1080 g/mol. The number of nitrogens with zero attached hydrogens (tertiary/aromatic N) is 5. The van der Waals surface area contributed by atoms with E-state index in [1.165, 1.54) is 6.07 Å². The van der Waals surface area contributed by atoms with Crippen molar-refractivity contribution >= 4 is 53.0 Å². The van der Waals surface area contributed by atoms with Crippen molar-refractivity contribution in [3.63, 3.8) is 0 Å². The lowest BCUT2D eigenvalue weighted by atomic mass is 9.95. The number of para-hydroxylation sites is 1. The minimum atomic E-state index is -3.97. The lowest BCUT2D eigenvalue weighted by Crippen LogP contribution is -2.33. The van der Waals surface area contributed by atoms with Gasteiger partial charge in [-0.1, -0.05) is 60.5 Å². The molecule has 7 aromatic rings. The fourth-order valence-electron chi connectivity index (χ4n) is 8.78. The molecule has 0 bridgehead atoms. The van der Waals surface area contributed by atoms with Gasteiger partial charge in [0.15, 0.2) is 11.0 Å². The Hall–Kier alpha value is -6.65. The Morgan fingerprint density at radius 2 is 1.45 bits per heavy atom. The molecule has 4 heterocycles. The van der Waals surface area contributed by atoms with Gasteiger partial charge >= 0.3 is 7.82 Å². The summed E-state index contributed by atoms with van der Waals surface area (Å²) in [5, 5.41) is 15.6. The van der Waals surface area contributed by atoms with Gasteiger partial charge in [-0.3, -0.25) is 23.4 Å². The first-order valence-corrected chi connectivity index (χ1v) is 27.5. The van der Waals surface area contributed by atoms with Crippen LogP contribution in [0.15, 0.2) is 100 Å². The van der Waals surface area contributed by atoms with Crippen molar-refractivity contribution in [2.24, 2.45) is 0 Å². The number of hydrogen-bond acceptors (Lipinski definition) is 16. The largest absolute Gasteiger partial charge is 0.471 e. The molecule has 21 nitrogen and oxygen atoms in total. The maximum absolute atomic E-state index is 14.0. The van der Waals surface area contributed by atoms with E-state index in [4.69, 9.17) is 37.6 Å². The highest BCUT2D eigenvalue weighted by molar-refractivity contribution is 7.47. The molecular formula is C55H67N8O13P. The molecule has 1 unspecified atom stereocenters. The van der Waals surface area contributed by atoms with Crippen LogP contribution in [-0.2, 0) is 66.4 Å². The zero-order chi connectivity index (χ0) is 53.8. The topological polar surface area (TPSA) is 253 Å². The first-order chi connectivity index (χ1) is 37.6. The Morgan fingerprint density at radius 3 is 2.18 bits per heavy atom. The number of phosphoric ester groups is 1. The van der Waals surface area contributed by atoms with Crippen LogP contribution in [0.25, 0.3) is 55.8 Å². The van der Waals surface area contributed by atoms with Crippen molar-refractivity contribution in [3.05, 3.63) is 113 Å². The number of fused-ring (bicyclic) bond motifs is 8. The fraction of sp³-hybridized carbons (Fsp3) is 0.418. The van der Waals surface area contributed by atoms with E-state index in [9.17, 15) is 23.8 Å². The van der Waals surface area contributed by atoms with Gasteiger partial charge in [0, 0.05) is 68.4 Å². The van der Waals surface area contributed by atoms with E-state index in [2.05, 4.69) is 30.5 Å². The predicted octanol–water partition coefficient (Wildman–Crippen LogP) is 7.70. The number of unbranched alkanes of at least 4 members (excludes halogenated alkanes) is 3. The second kappa shape index (κ2) is 28.6. The van der Waals surface area contributed by atoms with Crippen LogP contribution >= 0.6 is 7.82 Å². The van der Waals surface area contributed by atoms with Crippen LogP contribution in [-0.4, -0.2) is 135 Å². The van der Waals surface area contributed by atoms with Crippen molar-refractivity contribution in [3.8, 4) is 33.8 Å². The van der Waals surface area contributed by atoms with E-state index in [0.717, 1.165) is 71.3 Å². The molecule has 2 amide bonds. The summed E-state index contributed by atoms with van der Waals surface area (Å²) in [5.74, 6) is 0.818. The Kier molecular flexibility index (Phi) is 21.0. The number of benzene rings is 4. The van der Waals surface area contributed by atoms with Gasteiger partial charge in [-0.05, 0) is 60.9 Å². The van der Waals surface area contributed by atoms with Crippen LogP contribution in [0.2, 0.25) is 0 Å². The Balaban J connectivity index is 0.695. The standard InChI is InChI=1S/C55H67N8O13P/c1-56-41-17-15-39(16-18-41)48-37-47(64)44-19-20-45-53(55(44)76-48)59-49(58-45)23-27-70-29-31-72-33-35-74-36-34-73-32-30-71-28-25-63-54-43-13-7-8-14-46(43)62(38-40-11-5-6-12-42(40)52(54)60-61-63)51(66)22-21-50(65)57-24-9-3-4-10-26-75-77(67,68)69-2/h5-8,11-20,37,56H,3-4,9-10,21-36,38H2,1-2H3,(H,57,65)(H,58,59)(H,67,68). The van der Waals surface area contributed by atoms with Gasteiger partial charge in [-0.2, -0.15) is 0 Å². The number of aromatic amines is 1. The van der Waals surface area contributed by atoms with Crippen LogP contribution in [0.5, 0.6) is 0 Å². The second-order valence-corrected chi connectivity index (χ2v) is 19.6. The van der Waals surface area contributed by atoms with Crippen LogP contribution in [0, 0.1) is 0 Å². The molecule has 77 heavy (non-hydrogen) atoms. The van der Waals surface area contributed by atoms with E-state index in [1.807, 2.05) is 85.9 Å². The molecular weight excluding hydrogens is 1010 g/mol. The van der Waals surface area contributed by atoms with Crippen molar-refractivity contribution in [1.82, 2.24) is 30.3 Å². The Bertz CT molecular complexity index is 3140. The van der Waals surface area contributed by atoms with Crippen molar-refractivity contribution in [2.45, 2.75) is 58.0 Å². The van der Waals surface area contributed by atoms with Gasteiger partial charge in [0.2, 0.25) is 11.8 Å². The van der Waals surface area contributed by atoms with Crippen LogP contribution in [0.3, 0.4) is 0 Å². The lowest BCUT2D eigenvalue weighted by Gasteiger charge is -2.28. The molecule has 0 fully saturated rings. The summed E-state index contributed by atoms with van der Waals surface area (Å²) in [4.78, 5) is 58.9. The predicted molar refractivity (Wildman–Crippen MR) is 290 cm³/mol. The molecule has 410 valence electrons. The highest BCUT2D eigenvalue weighted by atomic mass is 31.2. The number of aromatic nitrogens is 5. The number of amides is 2. The van der Waals surface area contributed by atoms with E-state index in [0.29, 0.717) is 132 Å². The average Bonchev–Trinajstić information content (AvgIpc) is 4.15. The molecule has 8 rings (SSSR count). The first-order valence-electron chi connectivity index (χ1n) is 26.0. The quantitative estimate of drug-likeness (QED) is 0.0233. The summed E-state index contributed by atoms with van der Waals surface area (Å²) in [6.45, 7) is 5.30. The number of rotatable bonds is 32. The molecule has 0 saturated heterocycles. The number of phosphoric acid groups is 1. The van der Waals surface area contributed by atoms with Gasteiger partial charge < -0.3 is 53.5 Å². The highest BCUT2D eigenvalue weighted by Crippen LogP contribution is 2.43. The SMILES string of the molecule is CNc1ccc(-c2cc(=O)c3ccc4[nH]c(CCOCCOCCOCCOCCOCCn5nnc6c5-c5ccccc5N(C(=O)CCC(=O)NCCCCCCOP(=O)(O)OC)Cc5ccccc5-6)nc4c3o2)cc1. The second-order valence-electron chi connectivity index (χ2n) is 18.0. The van der Waals surface area contributed by atoms with E-state index in [1.54, 1.807) is 15.6 Å². The maximum Gasteiger partial charge on any atom is 0.471 e. The molecule has 0 saturated carbocycles. The number of ether oxygens (including phenoxy) is 5. The zero-order valence-electron chi connectivity index (χ0n) is 43.5. The maximum atomic E-state index is 14.0. The summed E-state index contributed by atoms with van der Waals surface area (Å²) in [7, 11) is -0.999. The number of hydrogen-bond donors (Lipinski definition) is 4. The lowest BCUT2D eigenvalue weighted by molar-refractivity contribution is -0.125. The number of nitrogens with one attached hydrogen (secondary N) is 3. The monoisotopic (exact) mass is 1080 g/mol. The summed E-state index contributed by atoms with van der Waals surface area (Å²) in [6, 6.07) is 28.3. The number of H-pyrrole nitrogens is 1. The van der Waals surface area contributed by atoms with Crippen molar-refractivity contribution in [1.29, 1.82) is 0 Å². The van der Waals surface area contributed by atoms with Crippen molar-refractivity contribution < 1.29 is 56.2 Å². The molecule has 4 aromatic carbocycles. The summed E-state index contributed by atoms with van der Waals surface area (Å²) >= 11 is 0. The Labute approximate surface area is 446 Å². The van der Waals surface area contributed by atoms with Gasteiger partial charge in [0.25, 0.3) is 0 Å². The van der Waals surface area contributed by atoms with E-state index >= 15 is 0 Å². The summed E-state index contributed by atoms with van der Waals surface area (Å²) in [6.07, 6.45) is 3.48. The molecule has 0 spiro atoms. The molecule has 0 radical (unpaired) electrons. The van der Waals surface area contributed by atoms with Gasteiger partial charge in [0.05, 0.1) is 108 Å². The van der Waals surface area contributed by atoms with Crippen LogP contribution in [0.4, 0.5) is 11.4 Å². The first kappa shape index (κ1) is 56.6. The van der Waals surface area contributed by atoms with Gasteiger partial charge in [0.1, 0.15) is 22.8 Å². The van der Waals surface area contributed by atoms with Gasteiger partial charge in [-0.25, -0.2) is 14.2 Å². The highest BCUT2D eigenvalue weighted by Gasteiger charge is 2.29. The third-order valence-corrected chi connectivity index (χ3v) is 13.8. The number of imidazole rings is 1. The molecule has 1 aliphatic heterocycles. The Morgan fingerprint density at radius 1 is 0.779 bits per heavy atom. The normalized spacial score (nSPS) is 12.9. The molecule has 22 heteroatoms. The molecule has 1 atom stereocenters. The van der Waals surface area contributed by atoms with Crippen LogP contribution < -0.4 is 21.0 Å². The molecule has 0 aliphatic carbocycles. The fourth-order valence-corrected chi connectivity index (χ4v) is 9.24. The summed E-state index contributed by atoms with van der Waals surface area (Å²) < 4.78 is 57.5. The third-order valence-electron chi connectivity index (χ3n) is 12.8. The van der Waals surface area contributed by atoms with Crippen LogP contribution in [0.1, 0.15) is 49.9 Å². The number of carbonyl (C=O) groups is 2. The zero-order valence-corrected chi connectivity index (χ0v) is 44.4. The minimum Gasteiger partial charge on any atom is -0.453 e. The third kappa shape index (κ3) is 15.7. The van der Waals surface area contributed by atoms with Crippen molar-refractivity contribution in [2.75, 3.05) is 104 Å². The summed E-state index contributed by atoms with van der Waals surface area (Å²) in [5.41, 5.74) is 8.22.